The first-order chi connectivity index (χ1) is 13.5. The van der Waals surface area contributed by atoms with Crippen LogP contribution in [-0.2, 0) is 0 Å². The molecule has 0 spiro atoms. The third-order valence-electron chi connectivity index (χ3n) is 4.60. The molecular formula is C22H15N3O3. The number of carbonyl (C=O) groups is 1. The van der Waals surface area contributed by atoms with Crippen molar-refractivity contribution in [2.75, 3.05) is 0 Å². The van der Waals surface area contributed by atoms with Crippen molar-refractivity contribution < 1.29 is 9.32 Å². The van der Waals surface area contributed by atoms with E-state index in [9.17, 15) is 14.9 Å². The molecule has 136 valence electrons. The van der Waals surface area contributed by atoms with Crippen LogP contribution in [0.4, 0.5) is 0 Å². The summed E-state index contributed by atoms with van der Waals surface area (Å²) in [5.74, 6) is 0.300. The minimum atomic E-state index is -0.320. The van der Waals surface area contributed by atoms with Gasteiger partial charge in [0.05, 0.1) is 22.9 Å². The maximum atomic E-state index is 12.9. The van der Waals surface area contributed by atoms with Crippen molar-refractivity contribution in [1.29, 1.82) is 5.26 Å². The zero-order chi connectivity index (χ0) is 19.8. The Kier molecular flexibility index (Phi) is 4.13. The molecule has 28 heavy (non-hydrogen) atoms. The summed E-state index contributed by atoms with van der Waals surface area (Å²) in [4.78, 5) is 27.4. The zero-order valence-electron chi connectivity index (χ0n) is 15.2. The molecule has 4 aromatic rings. The van der Waals surface area contributed by atoms with Crippen molar-refractivity contribution in [1.82, 2.24) is 10.1 Å². The number of rotatable bonds is 3. The van der Waals surface area contributed by atoms with E-state index in [0.29, 0.717) is 44.6 Å². The van der Waals surface area contributed by atoms with E-state index in [1.54, 1.807) is 55.5 Å². The van der Waals surface area contributed by atoms with E-state index in [4.69, 9.17) is 4.52 Å². The molecule has 0 aliphatic carbocycles. The summed E-state index contributed by atoms with van der Waals surface area (Å²) < 4.78 is 5.37. The Labute approximate surface area is 160 Å². The Bertz CT molecular complexity index is 1320. The molecule has 0 saturated heterocycles. The molecular weight excluding hydrogens is 354 g/mol. The molecule has 4 rings (SSSR count). The van der Waals surface area contributed by atoms with Gasteiger partial charge in [0.1, 0.15) is 0 Å². The van der Waals surface area contributed by atoms with Crippen LogP contribution in [0.5, 0.6) is 0 Å². The van der Waals surface area contributed by atoms with Crippen LogP contribution in [0.25, 0.3) is 33.4 Å². The number of aromatic nitrogens is 2. The number of fused-ring (bicyclic) bond motifs is 1. The van der Waals surface area contributed by atoms with E-state index in [1.165, 1.54) is 6.92 Å². The van der Waals surface area contributed by atoms with Crippen LogP contribution in [-0.4, -0.2) is 15.9 Å². The lowest BCUT2D eigenvalue weighted by molar-refractivity contribution is 0.101. The normalized spacial score (nSPS) is 10.8. The van der Waals surface area contributed by atoms with E-state index in [2.05, 4.69) is 16.2 Å². The molecule has 2 aromatic carbocycles. The van der Waals surface area contributed by atoms with Crippen molar-refractivity contribution >= 4 is 16.7 Å². The summed E-state index contributed by atoms with van der Waals surface area (Å²) in [6, 6.07) is 15.9. The van der Waals surface area contributed by atoms with Crippen LogP contribution in [0.3, 0.4) is 0 Å². The van der Waals surface area contributed by atoms with Gasteiger partial charge >= 0.3 is 0 Å². The van der Waals surface area contributed by atoms with Crippen molar-refractivity contribution in [2.45, 2.75) is 13.8 Å². The summed E-state index contributed by atoms with van der Waals surface area (Å²) >= 11 is 0. The number of hydrogen-bond acceptors (Lipinski definition) is 5. The third-order valence-corrected chi connectivity index (χ3v) is 4.60. The van der Waals surface area contributed by atoms with E-state index in [0.717, 1.165) is 5.56 Å². The van der Waals surface area contributed by atoms with E-state index in [-0.39, 0.29) is 11.3 Å². The van der Waals surface area contributed by atoms with E-state index in [1.807, 2.05) is 0 Å². The van der Waals surface area contributed by atoms with Crippen molar-refractivity contribution in [2.24, 2.45) is 0 Å². The Morgan fingerprint density at radius 3 is 2.46 bits per heavy atom. The van der Waals surface area contributed by atoms with Crippen molar-refractivity contribution in [3.05, 3.63) is 75.7 Å². The number of Topliss-reactive ketones (excluding diaryl/α,β-unsaturated/α-hetero) is 1. The van der Waals surface area contributed by atoms with Gasteiger partial charge in [-0.15, -0.1) is 0 Å². The quantitative estimate of drug-likeness (QED) is 0.545. The van der Waals surface area contributed by atoms with Gasteiger partial charge in [-0.2, -0.15) is 5.26 Å². The van der Waals surface area contributed by atoms with Crippen LogP contribution in [0.2, 0.25) is 0 Å². The van der Waals surface area contributed by atoms with Crippen molar-refractivity contribution in [3.8, 4) is 28.5 Å². The molecule has 0 radical (unpaired) electrons. The Morgan fingerprint density at radius 2 is 1.86 bits per heavy atom. The number of nitrogens with one attached hydrogen (secondary N) is 1. The maximum Gasteiger partial charge on any atom is 0.260 e. The maximum absolute atomic E-state index is 12.9. The number of ketones is 1. The summed E-state index contributed by atoms with van der Waals surface area (Å²) in [6.45, 7) is 3.27. The first kappa shape index (κ1) is 17.4. The average Bonchev–Trinajstić information content (AvgIpc) is 3.12. The second kappa shape index (κ2) is 6.63. The minimum absolute atomic E-state index is 0.0415. The van der Waals surface area contributed by atoms with Crippen LogP contribution in [0.15, 0.2) is 57.8 Å². The first-order valence-electron chi connectivity index (χ1n) is 8.63. The molecule has 0 aliphatic heterocycles. The fourth-order valence-corrected chi connectivity index (χ4v) is 3.25. The fourth-order valence-electron chi connectivity index (χ4n) is 3.25. The van der Waals surface area contributed by atoms with Gasteiger partial charge in [-0.1, -0.05) is 29.4 Å². The average molecular weight is 369 g/mol. The standard InChI is InChI=1S/C22H15N3O3/c1-12-9-19(28-25-12)21-20(16-6-4-15(5-7-16)13(2)26)17-10-14(11-23)3-8-18(17)24-22(21)27/h3-10H,1-2H3,(H,24,27). The monoisotopic (exact) mass is 369 g/mol. The first-order valence-corrected chi connectivity index (χ1v) is 8.63. The van der Waals surface area contributed by atoms with Crippen LogP contribution in [0.1, 0.15) is 28.5 Å². The summed E-state index contributed by atoms with van der Waals surface area (Å²) in [7, 11) is 0. The topological polar surface area (TPSA) is 99.8 Å². The molecule has 0 unspecified atom stereocenters. The molecule has 2 aromatic heterocycles. The van der Waals surface area contributed by atoms with Crippen LogP contribution >= 0.6 is 0 Å². The highest BCUT2D eigenvalue weighted by Crippen LogP contribution is 2.35. The highest BCUT2D eigenvalue weighted by Gasteiger charge is 2.20. The summed E-state index contributed by atoms with van der Waals surface area (Å²) in [5.41, 5.74) is 3.68. The molecule has 2 heterocycles. The molecule has 0 amide bonds. The Morgan fingerprint density at radius 1 is 1.11 bits per heavy atom. The van der Waals surface area contributed by atoms with E-state index >= 15 is 0 Å². The SMILES string of the molecule is CC(=O)c1ccc(-c2c(-c3cc(C)no3)c(=O)[nH]c3ccc(C#N)cc23)cc1. The van der Waals surface area contributed by atoms with Gasteiger partial charge in [0, 0.05) is 28.1 Å². The third kappa shape index (κ3) is 2.89. The minimum Gasteiger partial charge on any atom is -0.356 e. The van der Waals surface area contributed by atoms with Gasteiger partial charge in [-0.05, 0) is 37.6 Å². The van der Waals surface area contributed by atoms with Crippen molar-refractivity contribution in [3.63, 3.8) is 0 Å². The predicted octanol–water partition coefficient (Wildman–Crippen LogP) is 4.23. The number of nitriles is 1. The molecule has 0 saturated carbocycles. The van der Waals surface area contributed by atoms with Gasteiger partial charge in [0.15, 0.2) is 11.5 Å². The highest BCUT2D eigenvalue weighted by atomic mass is 16.5. The Balaban J connectivity index is 2.11. The number of benzene rings is 2. The lowest BCUT2D eigenvalue weighted by Crippen LogP contribution is -2.11. The number of pyridine rings is 1. The Hall–Kier alpha value is -3.98. The number of nitrogens with zero attached hydrogens (tertiary/aromatic N) is 2. The molecule has 0 fully saturated rings. The van der Waals surface area contributed by atoms with E-state index < -0.39 is 0 Å². The molecule has 0 bridgehead atoms. The molecule has 0 aliphatic rings. The van der Waals surface area contributed by atoms with Gasteiger partial charge in [0.2, 0.25) is 0 Å². The fraction of sp³-hybridized carbons (Fsp3) is 0.0909. The molecule has 0 atom stereocenters. The molecule has 1 N–H and O–H groups in total. The number of hydrogen-bond donors (Lipinski definition) is 1. The lowest BCUT2D eigenvalue weighted by Gasteiger charge is -2.12. The number of aromatic amines is 1. The van der Waals surface area contributed by atoms with Gasteiger partial charge in [-0.3, -0.25) is 9.59 Å². The molecule has 6 nitrogen and oxygen atoms in total. The predicted molar refractivity (Wildman–Crippen MR) is 105 cm³/mol. The number of aryl methyl sites for hydroxylation is 1. The lowest BCUT2D eigenvalue weighted by atomic mass is 9.93. The second-order valence-electron chi connectivity index (χ2n) is 6.54. The summed E-state index contributed by atoms with van der Waals surface area (Å²) in [5, 5.41) is 13.9. The molecule has 6 heteroatoms. The van der Waals surface area contributed by atoms with Gasteiger partial charge in [0.25, 0.3) is 5.56 Å². The van der Waals surface area contributed by atoms with Crippen LogP contribution < -0.4 is 5.56 Å². The number of H-pyrrole nitrogens is 1. The highest BCUT2D eigenvalue weighted by molar-refractivity contribution is 6.02. The zero-order valence-corrected chi connectivity index (χ0v) is 15.2. The second-order valence-corrected chi connectivity index (χ2v) is 6.54. The smallest absolute Gasteiger partial charge is 0.260 e. The van der Waals surface area contributed by atoms with Gasteiger partial charge < -0.3 is 9.51 Å². The van der Waals surface area contributed by atoms with Gasteiger partial charge in [-0.25, -0.2) is 0 Å². The van der Waals surface area contributed by atoms with Crippen LogP contribution in [0, 0.1) is 18.3 Å². The largest absolute Gasteiger partial charge is 0.356 e. The number of carbonyl (C=O) groups excluding carboxylic acids is 1. The summed E-state index contributed by atoms with van der Waals surface area (Å²) in [6.07, 6.45) is 0.